The van der Waals surface area contributed by atoms with Gasteiger partial charge in [-0.2, -0.15) is 0 Å². The molecule has 0 aliphatic carbocycles. The highest BCUT2D eigenvalue weighted by Gasteiger charge is 2.39. The zero-order valence-electron chi connectivity index (χ0n) is 13.9. The summed E-state index contributed by atoms with van der Waals surface area (Å²) in [7, 11) is 1.62. The molecule has 0 bridgehead atoms. The number of anilines is 1. The first-order valence-electron chi connectivity index (χ1n) is 7.59. The number of carbonyl (C=O) groups is 2. The molecule has 0 unspecified atom stereocenters. The van der Waals surface area contributed by atoms with Crippen molar-refractivity contribution in [3.8, 4) is 0 Å². The molecule has 1 rings (SSSR count). The SMILES string of the molecule is CCN(C(=O)C(C)(C)C(=O)NCCCOC)c1ccccc1. The van der Waals surface area contributed by atoms with E-state index in [1.54, 1.807) is 25.9 Å². The quantitative estimate of drug-likeness (QED) is 0.592. The van der Waals surface area contributed by atoms with Gasteiger partial charge in [-0.3, -0.25) is 9.59 Å². The van der Waals surface area contributed by atoms with Gasteiger partial charge in [-0.1, -0.05) is 18.2 Å². The van der Waals surface area contributed by atoms with E-state index in [1.807, 2.05) is 37.3 Å². The maximum atomic E-state index is 12.8. The molecule has 22 heavy (non-hydrogen) atoms. The second-order valence-corrected chi connectivity index (χ2v) is 5.61. The summed E-state index contributed by atoms with van der Waals surface area (Å²) >= 11 is 0. The van der Waals surface area contributed by atoms with Crippen LogP contribution < -0.4 is 10.2 Å². The van der Waals surface area contributed by atoms with Crippen molar-refractivity contribution in [2.75, 3.05) is 31.7 Å². The molecular weight excluding hydrogens is 280 g/mol. The van der Waals surface area contributed by atoms with Crippen LogP contribution in [0.3, 0.4) is 0 Å². The number of rotatable bonds is 8. The number of hydrogen-bond donors (Lipinski definition) is 1. The van der Waals surface area contributed by atoms with Crippen LogP contribution in [0.25, 0.3) is 0 Å². The molecule has 2 amide bonds. The first kappa shape index (κ1) is 18.2. The van der Waals surface area contributed by atoms with Crippen molar-refractivity contribution >= 4 is 17.5 Å². The third kappa shape index (κ3) is 4.56. The van der Waals surface area contributed by atoms with Crippen LogP contribution in [0.4, 0.5) is 5.69 Å². The predicted molar refractivity (Wildman–Crippen MR) is 87.8 cm³/mol. The van der Waals surface area contributed by atoms with Gasteiger partial charge in [-0.25, -0.2) is 0 Å². The van der Waals surface area contributed by atoms with Crippen LogP contribution in [0, 0.1) is 5.41 Å². The molecule has 0 saturated heterocycles. The summed E-state index contributed by atoms with van der Waals surface area (Å²) in [5.74, 6) is -0.464. The van der Waals surface area contributed by atoms with Crippen molar-refractivity contribution in [1.82, 2.24) is 5.32 Å². The van der Waals surface area contributed by atoms with E-state index in [0.29, 0.717) is 19.7 Å². The van der Waals surface area contributed by atoms with Crippen molar-refractivity contribution in [2.45, 2.75) is 27.2 Å². The molecule has 0 heterocycles. The molecule has 1 N–H and O–H groups in total. The smallest absolute Gasteiger partial charge is 0.242 e. The zero-order valence-corrected chi connectivity index (χ0v) is 13.9. The standard InChI is InChI=1S/C17H26N2O3/c1-5-19(14-10-7-6-8-11-14)16(21)17(2,3)15(20)18-12-9-13-22-4/h6-8,10-11H,5,9,12-13H2,1-4H3,(H,18,20). The van der Waals surface area contributed by atoms with E-state index < -0.39 is 5.41 Å². The van der Waals surface area contributed by atoms with Gasteiger partial charge in [0.25, 0.3) is 0 Å². The van der Waals surface area contributed by atoms with Crippen molar-refractivity contribution in [3.63, 3.8) is 0 Å². The van der Waals surface area contributed by atoms with E-state index in [9.17, 15) is 9.59 Å². The summed E-state index contributed by atoms with van der Waals surface area (Å²) in [6, 6.07) is 9.39. The minimum atomic E-state index is -1.11. The molecule has 0 radical (unpaired) electrons. The van der Waals surface area contributed by atoms with E-state index in [-0.39, 0.29) is 11.8 Å². The molecule has 0 aliphatic rings. The van der Waals surface area contributed by atoms with Crippen LogP contribution in [0.15, 0.2) is 30.3 Å². The highest BCUT2D eigenvalue weighted by atomic mass is 16.5. The average molecular weight is 306 g/mol. The third-order valence-electron chi connectivity index (χ3n) is 3.54. The number of hydrogen-bond acceptors (Lipinski definition) is 3. The Hall–Kier alpha value is -1.88. The number of ether oxygens (including phenoxy) is 1. The van der Waals surface area contributed by atoms with Gasteiger partial charge in [0.05, 0.1) is 0 Å². The van der Waals surface area contributed by atoms with E-state index in [1.165, 1.54) is 0 Å². The Morgan fingerprint density at radius 3 is 2.41 bits per heavy atom. The number of para-hydroxylation sites is 1. The Kier molecular flexibility index (Phi) is 7.05. The van der Waals surface area contributed by atoms with Crippen molar-refractivity contribution in [3.05, 3.63) is 30.3 Å². The molecule has 5 nitrogen and oxygen atoms in total. The molecule has 0 fully saturated rings. The lowest BCUT2D eigenvalue weighted by Gasteiger charge is -2.30. The number of nitrogens with one attached hydrogen (secondary N) is 1. The Labute approximate surface area is 132 Å². The fourth-order valence-electron chi connectivity index (χ4n) is 2.13. The number of nitrogens with zero attached hydrogens (tertiary/aromatic N) is 1. The molecule has 0 spiro atoms. The summed E-state index contributed by atoms with van der Waals surface area (Å²) < 4.78 is 4.94. The lowest BCUT2D eigenvalue weighted by Crippen LogP contribution is -2.50. The van der Waals surface area contributed by atoms with E-state index in [4.69, 9.17) is 4.74 Å². The van der Waals surface area contributed by atoms with Gasteiger partial charge in [-0.05, 0) is 39.3 Å². The van der Waals surface area contributed by atoms with E-state index >= 15 is 0 Å². The van der Waals surface area contributed by atoms with Crippen LogP contribution >= 0.6 is 0 Å². The van der Waals surface area contributed by atoms with Gasteiger partial charge >= 0.3 is 0 Å². The number of amides is 2. The van der Waals surface area contributed by atoms with Gasteiger partial charge in [-0.15, -0.1) is 0 Å². The molecule has 0 atom stereocenters. The molecular formula is C17H26N2O3. The number of carbonyl (C=O) groups excluding carboxylic acids is 2. The average Bonchev–Trinajstić information content (AvgIpc) is 2.53. The molecule has 1 aromatic carbocycles. The zero-order chi connectivity index (χ0) is 16.6. The fourth-order valence-corrected chi connectivity index (χ4v) is 2.13. The largest absolute Gasteiger partial charge is 0.385 e. The monoisotopic (exact) mass is 306 g/mol. The molecule has 0 aromatic heterocycles. The van der Waals surface area contributed by atoms with Crippen molar-refractivity contribution in [2.24, 2.45) is 5.41 Å². The lowest BCUT2D eigenvalue weighted by atomic mass is 9.90. The highest BCUT2D eigenvalue weighted by Crippen LogP contribution is 2.24. The van der Waals surface area contributed by atoms with Gasteiger partial charge in [0.2, 0.25) is 11.8 Å². The van der Waals surface area contributed by atoms with Gasteiger partial charge in [0.1, 0.15) is 5.41 Å². The Morgan fingerprint density at radius 1 is 1.23 bits per heavy atom. The second kappa shape index (κ2) is 8.54. The fraction of sp³-hybridized carbons (Fsp3) is 0.529. The van der Waals surface area contributed by atoms with Gasteiger partial charge in [0.15, 0.2) is 0 Å². The Morgan fingerprint density at radius 2 is 1.86 bits per heavy atom. The topological polar surface area (TPSA) is 58.6 Å². The van der Waals surface area contributed by atoms with E-state index in [0.717, 1.165) is 12.1 Å². The van der Waals surface area contributed by atoms with Crippen LogP contribution in [0.1, 0.15) is 27.2 Å². The van der Waals surface area contributed by atoms with Gasteiger partial charge in [0, 0.05) is 32.5 Å². The third-order valence-corrected chi connectivity index (χ3v) is 3.54. The Bertz CT molecular complexity index is 486. The summed E-state index contributed by atoms with van der Waals surface area (Å²) in [5, 5.41) is 2.80. The van der Waals surface area contributed by atoms with Gasteiger partial charge < -0.3 is 15.0 Å². The molecule has 5 heteroatoms. The molecule has 0 saturated carbocycles. The maximum absolute atomic E-state index is 12.8. The summed E-state index contributed by atoms with van der Waals surface area (Å²) in [4.78, 5) is 26.7. The minimum Gasteiger partial charge on any atom is -0.385 e. The minimum absolute atomic E-state index is 0.203. The molecule has 0 aliphatic heterocycles. The summed E-state index contributed by atoms with van der Waals surface area (Å²) in [6.45, 7) is 6.82. The first-order chi connectivity index (χ1) is 10.4. The Balaban J connectivity index is 2.77. The van der Waals surface area contributed by atoms with Crippen molar-refractivity contribution in [1.29, 1.82) is 0 Å². The van der Waals surface area contributed by atoms with Crippen LogP contribution in [0.5, 0.6) is 0 Å². The van der Waals surface area contributed by atoms with Crippen LogP contribution in [-0.4, -0.2) is 38.6 Å². The summed E-state index contributed by atoms with van der Waals surface area (Å²) in [5.41, 5.74) is -0.311. The number of methoxy groups -OCH3 is 1. The van der Waals surface area contributed by atoms with E-state index in [2.05, 4.69) is 5.32 Å². The van der Waals surface area contributed by atoms with Crippen LogP contribution in [-0.2, 0) is 14.3 Å². The highest BCUT2D eigenvalue weighted by molar-refractivity contribution is 6.10. The summed E-state index contributed by atoms with van der Waals surface area (Å²) in [6.07, 6.45) is 0.725. The van der Waals surface area contributed by atoms with Crippen LogP contribution in [0.2, 0.25) is 0 Å². The second-order valence-electron chi connectivity index (χ2n) is 5.61. The molecule has 122 valence electrons. The molecule has 1 aromatic rings. The van der Waals surface area contributed by atoms with Crippen molar-refractivity contribution < 1.29 is 14.3 Å². The predicted octanol–water partition coefficient (Wildman–Crippen LogP) is 2.22. The normalized spacial score (nSPS) is 11.1. The lowest BCUT2D eigenvalue weighted by molar-refractivity contribution is -0.139. The first-order valence-corrected chi connectivity index (χ1v) is 7.59. The maximum Gasteiger partial charge on any atom is 0.242 e. The number of benzene rings is 1.